The number of amides is 1. The first-order valence-corrected chi connectivity index (χ1v) is 6.81. The highest BCUT2D eigenvalue weighted by atomic mass is 16.5. The lowest BCUT2D eigenvalue weighted by Crippen LogP contribution is -2.51. The summed E-state index contributed by atoms with van der Waals surface area (Å²) in [5.74, 6) is 1.41. The van der Waals surface area contributed by atoms with Crippen LogP contribution < -0.4 is 25.3 Å². The molecule has 6 heteroatoms. The fourth-order valence-electron chi connectivity index (χ4n) is 1.93. The van der Waals surface area contributed by atoms with Gasteiger partial charge in [0, 0.05) is 0 Å². The largest absolute Gasteiger partial charge is 0.493 e. The van der Waals surface area contributed by atoms with E-state index in [1.54, 1.807) is 40.3 Å². The molecule has 1 amide bonds. The Morgan fingerprint density at radius 1 is 1.29 bits per heavy atom. The van der Waals surface area contributed by atoms with Gasteiger partial charge < -0.3 is 25.3 Å². The van der Waals surface area contributed by atoms with Crippen molar-refractivity contribution in [3.8, 4) is 17.2 Å². The minimum Gasteiger partial charge on any atom is -0.493 e. The lowest BCUT2D eigenvalue weighted by Gasteiger charge is -2.25. The van der Waals surface area contributed by atoms with Crippen LogP contribution in [0.2, 0.25) is 0 Å². The van der Waals surface area contributed by atoms with Gasteiger partial charge in [0.05, 0.1) is 26.4 Å². The molecule has 118 valence electrons. The summed E-state index contributed by atoms with van der Waals surface area (Å²) in [6.07, 6.45) is 1.25. The van der Waals surface area contributed by atoms with Gasteiger partial charge in [0.25, 0.3) is 0 Å². The van der Waals surface area contributed by atoms with Crippen LogP contribution in [0, 0.1) is 0 Å². The molecule has 0 radical (unpaired) electrons. The van der Waals surface area contributed by atoms with Crippen LogP contribution in [-0.4, -0.2) is 39.3 Å². The molecule has 0 saturated carbocycles. The Morgan fingerprint density at radius 3 is 2.29 bits per heavy atom. The van der Waals surface area contributed by atoms with Crippen molar-refractivity contribution >= 4 is 5.91 Å². The van der Waals surface area contributed by atoms with Crippen LogP contribution in [0.3, 0.4) is 0 Å². The molecule has 6 nitrogen and oxygen atoms in total. The third-order valence-corrected chi connectivity index (χ3v) is 3.55. The third-order valence-electron chi connectivity index (χ3n) is 3.55. The molecular weight excluding hydrogens is 272 g/mol. The Kier molecular flexibility index (Phi) is 6.30. The summed E-state index contributed by atoms with van der Waals surface area (Å²) < 4.78 is 16.2. The van der Waals surface area contributed by atoms with Crippen LogP contribution in [0.4, 0.5) is 0 Å². The minimum atomic E-state index is -0.728. The predicted octanol–water partition coefficient (Wildman–Crippen LogP) is 1.33. The molecule has 3 N–H and O–H groups in total. The predicted molar refractivity (Wildman–Crippen MR) is 80.9 cm³/mol. The average Bonchev–Trinajstić information content (AvgIpc) is 2.50. The van der Waals surface area contributed by atoms with E-state index in [-0.39, 0.29) is 5.91 Å². The van der Waals surface area contributed by atoms with Gasteiger partial charge in [-0.25, -0.2) is 0 Å². The topological polar surface area (TPSA) is 82.8 Å². The van der Waals surface area contributed by atoms with E-state index in [1.807, 2.05) is 6.07 Å². The van der Waals surface area contributed by atoms with Gasteiger partial charge in [0.2, 0.25) is 11.7 Å². The second-order valence-electron chi connectivity index (χ2n) is 4.89. The zero-order chi connectivity index (χ0) is 15.9. The maximum absolute atomic E-state index is 11.4. The van der Waals surface area contributed by atoms with Crippen molar-refractivity contribution in [2.45, 2.75) is 25.3 Å². The summed E-state index contributed by atoms with van der Waals surface area (Å²) in [4.78, 5) is 11.4. The van der Waals surface area contributed by atoms with Gasteiger partial charge in [-0.05, 0) is 38.9 Å². The third kappa shape index (κ3) is 4.26. The minimum absolute atomic E-state index is 0.375. The maximum atomic E-state index is 11.4. The average molecular weight is 296 g/mol. The number of benzene rings is 1. The van der Waals surface area contributed by atoms with Crippen LogP contribution in [-0.2, 0) is 4.79 Å². The van der Waals surface area contributed by atoms with Gasteiger partial charge in [0.1, 0.15) is 0 Å². The summed E-state index contributed by atoms with van der Waals surface area (Å²) in [7, 11) is 4.87. The lowest BCUT2D eigenvalue weighted by molar-refractivity contribution is -0.123. The monoisotopic (exact) mass is 296 g/mol. The number of nitrogens with one attached hydrogen (secondary N) is 1. The number of hydrogen-bond donors (Lipinski definition) is 2. The summed E-state index contributed by atoms with van der Waals surface area (Å²) in [6.45, 7) is 2.21. The fraction of sp³-hybridized carbons (Fsp3) is 0.533. The number of carbonyl (C=O) groups is 1. The summed E-state index contributed by atoms with van der Waals surface area (Å²) >= 11 is 0. The van der Waals surface area contributed by atoms with Gasteiger partial charge in [-0.3, -0.25) is 4.79 Å². The molecule has 0 fully saturated rings. The molecule has 0 heterocycles. The van der Waals surface area contributed by atoms with Crippen molar-refractivity contribution in [2.75, 3.05) is 27.9 Å². The van der Waals surface area contributed by atoms with Gasteiger partial charge in [0.15, 0.2) is 11.5 Å². The molecule has 1 aromatic carbocycles. The molecule has 1 unspecified atom stereocenters. The van der Waals surface area contributed by atoms with Gasteiger partial charge >= 0.3 is 0 Å². The molecule has 1 aromatic rings. The van der Waals surface area contributed by atoms with Gasteiger partial charge in [-0.2, -0.15) is 0 Å². The molecular formula is C15H24N2O4. The molecule has 0 bridgehead atoms. The second-order valence-corrected chi connectivity index (χ2v) is 4.89. The molecule has 21 heavy (non-hydrogen) atoms. The van der Waals surface area contributed by atoms with Gasteiger partial charge in [-0.15, -0.1) is 0 Å². The lowest BCUT2D eigenvalue weighted by atomic mass is 9.95. The number of likely N-dealkylation sites (N-methyl/N-ethyl adjacent to an activating group) is 1. The Hall–Kier alpha value is -1.95. The van der Waals surface area contributed by atoms with Crippen molar-refractivity contribution in [1.29, 1.82) is 0 Å². The van der Waals surface area contributed by atoms with E-state index in [0.717, 1.165) is 0 Å². The zero-order valence-electron chi connectivity index (χ0n) is 13.1. The SMILES string of the molecule is CNC(C)(CCCOc1c(OC)cccc1OC)C(N)=O. The highest BCUT2D eigenvalue weighted by Gasteiger charge is 2.28. The Morgan fingerprint density at radius 2 is 1.86 bits per heavy atom. The quantitative estimate of drug-likeness (QED) is 0.672. The Labute approximate surface area is 125 Å². The number of hydrogen-bond acceptors (Lipinski definition) is 5. The van der Waals surface area contributed by atoms with Crippen molar-refractivity contribution in [2.24, 2.45) is 5.73 Å². The number of primary amides is 1. The molecule has 1 rings (SSSR count). The number of rotatable bonds is 9. The van der Waals surface area contributed by atoms with Gasteiger partial charge in [-0.1, -0.05) is 6.07 Å². The smallest absolute Gasteiger partial charge is 0.237 e. The van der Waals surface area contributed by atoms with E-state index in [2.05, 4.69) is 5.32 Å². The molecule has 0 aliphatic heterocycles. The second kappa shape index (κ2) is 7.73. The number of carbonyl (C=O) groups excluding carboxylic acids is 1. The van der Waals surface area contributed by atoms with E-state index < -0.39 is 5.54 Å². The van der Waals surface area contributed by atoms with Crippen LogP contribution in [0.1, 0.15) is 19.8 Å². The molecule has 1 atom stereocenters. The maximum Gasteiger partial charge on any atom is 0.237 e. The fourth-order valence-corrected chi connectivity index (χ4v) is 1.93. The first kappa shape index (κ1) is 17.1. The van der Waals surface area contributed by atoms with Crippen LogP contribution in [0.5, 0.6) is 17.2 Å². The number of ether oxygens (including phenoxy) is 3. The first-order chi connectivity index (χ1) is 9.98. The van der Waals surface area contributed by atoms with E-state index in [4.69, 9.17) is 19.9 Å². The van der Waals surface area contributed by atoms with Crippen LogP contribution >= 0.6 is 0 Å². The highest BCUT2D eigenvalue weighted by molar-refractivity contribution is 5.84. The van der Waals surface area contributed by atoms with E-state index in [1.165, 1.54) is 0 Å². The van der Waals surface area contributed by atoms with E-state index in [9.17, 15) is 4.79 Å². The van der Waals surface area contributed by atoms with Crippen molar-refractivity contribution in [3.63, 3.8) is 0 Å². The van der Waals surface area contributed by atoms with Crippen molar-refractivity contribution in [1.82, 2.24) is 5.32 Å². The molecule has 0 aliphatic rings. The Bertz CT molecular complexity index is 456. The van der Waals surface area contributed by atoms with Crippen LogP contribution in [0.15, 0.2) is 18.2 Å². The summed E-state index contributed by atoms with van der Waals surface area (Å²) in [5.41, 5.74) is 4.66. The Balaban J connectivity index is 2.62. The molecule has 0 spiro atoms. The van der Waals surface area contributed by atoms with E-state index in [0.29, 0.717) is 36.7 Å². The highest BCUT2D eigenvalue weighted by Crippen LogP contribution is 2.36. The number of nitrogens with two attached hydrogens (primary N) is 1. The number of para-hydroxylation sites is 1. The molecule has 0 aromatic heterocycles. The van der Waals surface area contributed by atoms with Crippen LogP contribution in [0.25, 0.3) is 0 Å². The summed E-state index contributed by atoms with van der Waals surface area (Å²) in [5, 5.41) is 2.94. The standard InChI is InChI=1S/C15H24N2O4/c1-15(17-2,14(16)18)9-6-10-21-13-11(19-3)7-5-8-12(13)20-4/h5,7-8,17H,6,9-10H2,1-4H3,(H2,16,18). The molecule has 0 aliphatic carbocycles. The van der Waals surface area contributed by atoms with E-state index >= 15 is 0 Å². The summed E-state index contributed by atoms with van der Waals surface area (Å²) in [6, 6.07) is 5.44. The first-order valence-electron chi connectivity index (χ1n) is 6.81. The normalized spacial score (nSPS) is 13.3. The zero-order valence-corrected chi connectivity index (χ0v) is 13.1. The molecule has 0 saturated heterocycles. The number of methoxy groups -OCH3 is 2. The van der Waals surface area contributed by atoms with Crippen molar-refractivity contribution in [3.05, 3.63) is 18.2 Å². The van der Waals surface area contributed by atoms with Crippen molar-refractivity contribution < 1.29 is 19.0 Å².